The monoisotopic (exact) mass is 238 g/mol. The first kappa shape index (κ1) is 11.0. The quantitative estimate of drug-likeness (QED) is 0.769. The summed E-state index contributed by atoms with van der Waals surface area (Å²) in [6.45, 7) is 2.52. The van der Waals surface area contributed by atoms with Crippen molar-refractivity contribution in [1.82, 2.24) is 10.1 Å². The molecule has 1 aromatic carbocycles. The number of hydrogen-bond donors (Lipinski definition) is 0. The summed E-state index contributed by atoms with van der Waals surface area (Å²) in [6, 6.07) is 7.55. The van der Waals surface area contributed by atoms with Crippen LogP contribution in [0.4, 0.5) is 0 Å². The lowest BCUT2D eigenvalue weighted by atomic mass is 10.2. The maximum Gasteiger partial charge on any atom is 0.241 e. The van der Waals surface area contributed by atoms with Gasteiger partial charge in [-0.1, -0.05) is 17.3 Å². The molecule has 1 heterocycles. The zero-order chi connectivity index (χ0) is 11.4. The van der Waals surface area contributed by atoms with Gasteiger partial charge >= 0.3 is 0 Å². The molecule has 5 heteroatoms. The summed E-state index contributed by atoms with van der Waals surface area (Å²) in [5.74, 6) is 1.86. The van der Waals surface area contributed by atoms with E-state index >= 15 is 0 Å². The summed E-state index contributed by atoms with van der Waals surface area (Å²) in [5.41, 5.74) is 0.810. The van der Waals surface area contributed by atoms with Gasteiger partial charge in [0.1, 0.15) is 11.6 Å². The standard InChI is InChI=1S/C11H11ClN2O2/c1-2-15-9-6-4-3-5-8(9)11-13-10(7-12)16-14-11/h3-6H,2,7H2,1H3. The van der Waals surface area contributed by atoms with Gasteiger partial charge in [-0.25, -0.2) is 0 Å². The Morgan fingerprint density at radius 2 is 2.19 bits per heavy atom. The van der Waals surface area contributed by atoms with Gasteiger partial charge in [0.15, 0.2) is 0 Å². The van der Waals surface area contributed by atoms with Crippen molar-refractivity contribution in [1.29, 1.82) is 0 Å². The summed E-state index contributed by atoms with van der Waals surface area (Å²) in [7, 11) is 0. The molecule has 0 aliphatic heterocycles. The number of benzene rings is 1. The predicted octanol–water partition coefficient (Wildman–Crippen LogP) is 2.87. The van der Waals surface area contributed by atoms with Crippen molar-refractivity contribution in [3.63, 3.8) is 0 Å². The second-order valence-electron chi connectivity index (χ2n) is 3.07. The van der Waals surface area contributed by atoms with Crippen LogP contribution in [-0.4, -0.2) is 16.7 Å². The SMILES string of the molecule is CCOc1ccccc1-c1noc(CCl)n1. The van der Waals surface area contributed by atoms with E-state index in [1.54, 1.807) is 0 Å². The molecule has 1 aromatic heterocycles. The zero-order valence-corrected chi connectivity index (χ0v) is 9.57. The highest BCUT2D eigenvalue weighted by Gasteiger charge is 2.12. The average Bonchev–Trinajstić information content (AvgIpc) is 2.79. The Kier molecular flexibility index (Phi) is 3.41. The fraction of sp³-hybridized carbons (Fsp3) is 0.273. The molecule has 0 atom stereocenters. The van der Waals surface area contributed by atoms with Gasteiger partial charge in [0.25, 0.3) is 0 Å². The molecule has 0 aliphatic rings. The number of halogens is 1. The van der Waals surface area contributed by atoms with Crippen LogP contribution in [0.5, 0.6) is 5.75 Å². The van der Waals surface area contributed by atoms with Crippen LogP contribution >= 0.6 is 11.6 Å². The third kappa shape index (κ3) is 2.17. The average molecular weight is 239 g/mol. The second kappa shape index (κ2) is 4.99. The van der Waals surface area contributed by atoms with Crippen LogP contribution < -0.4 is 4.74 Å². The maximum atomic E-state index is 5.60. The molecule has 84 valence electrons. The first-order valence-corrected chi connectivity index (χ1v) is 5.49. The van der Waals surface area contributed by atoms with Gasteiger partial charge in [-0.3, -0.25) is 0 Å². The molecule has 0 radical (unpaired) electrons. The van der Waals surface area contributed by atoms with Crippen LogP contribution in [0.2, 0.25) is 0 Å². The Labute approximate surface area is 98.2 Å². The minimum atomic E-state index is 0.212. The van der Waals surface area contributed by atoms with Crippen LogP contribution in [-0.2, 0) is 5.88 Å². The molecule has 0 bridgehead atoms. The Balaban J connectivity index is 2.38. The molecule has 2 aromatic rings. The molecule has 2 rings (SSSR count). The highest BCUT2D eigenvalue weighted by molar-refractivity contribution is 6.16. The van der Waals surface area contributed by atoms with Crippen molar-refractivity contribution in [3.8, 4) is 17.1 Å². The van der Waals surface area contributed by atoms with E-state index in [-0.39, 0.29) is 5.88 Å². The summed E-state index contributed by atoms with van der Waals surface area (Å²) in [6.07, 6.45) is 0. The maximum absolute atomic E-state index is 5.60. The van der Waals surface area contributed by atoms with Crippen LogP contribution in [0.1, 0.15) is 12.8 Å². The molecular weight excluding hydrogens is 228 g/mol. The first-order chi connectivity index (χ1) is 7.85. The molecule has 16 heavy (non-hydrogen) atoms. The number of aromatic nitrogens is 2. The minimum absolute atomic E-state index is 0.212. The molecule has 0 N–H and O–H groups in total. The largest absolute Gasteiger partial charge is 0.493 e. The van der Waals surface area contributed by atoms with Crippen LogP contribution in [0, 0.1) is 0 Å². The van der Waals surface area contributed by atoms with Gasteiger partial charge in [0.2, 0.25) is 11.7 Å². The molecule has 0 amide bonds. The van der Waals surface area contributed by atoms with Gasteiger partial charge in [0.05, 0.1) is 12.2 Å². The number of rotatable bonds is 4. The van der Waals surface area contributed by atoms with Crippen molar-refractivity contribution < 1.29 is 9.26 Å². The molecule has 0 saturated heterocycles. The van der Waals surface area contributed by atoms with E-state index < -0.39 is 0 Å². The van der Waals surface area contributed by atoms with E-state index in [1.807, 2.05) is 31.2 Å². The van der Waals surface area contributed by atoms with Gasteiger partial charge in [-0.15, -0.1) is 11.6 Å². The van der Waals surface area contributed by atoms with Gasteiger partial charge in [-0.05, 0) is 19.1 Å². The summed E-state index contributed by atoms with van der Waals surface area (Å²) in [4.78, 5) is 4.15. The van der Waals surface area contributed by atoms with Crippen molar-refractivity contribution in [3.05, 3.63) is 30.2 Å². The lowest BCUT2D eigenvalue weighted by Crippen LogP contribution is -1.94. The third-order valence-electron chi connectivity index (χ3n) is 2.01. The zero-order valence-electron chi connectivity index (χ0n) is 8.81. The normalized spacial score (nSPS) is 10.4. The topological polar surface area (TPSA) is 48.2 Å². The Hall–Kier alpha value is -1.55. The van der Waals surface area contributed by atoms with E-state index in [9.17, 15) is 0 Å². The molecule has 0 unspecified atom stereocenters. The lowest BCUT2D eigenvalue weighted by Gasteiger charge is -2.05. The van der Waals surface area contributed by atoms with Crippen LogP contribution in [0.3, 0.4) is 0 Å². The van der Waals surface area contributed by atoms with Crippen LogP contribution in [0.15, 0.2) is 28.8 Å². The number of alkyl halides is 1. The van der Waals surface area contributed by atoms with Crippen LogP contribution in [0.25, 0.3) is 11.4 Å². The summed E-state index contributed by atoms with van der Waals surface area (Å²) in [5, 5.41) is 3.85. The van der Waals surface area contributed by atoms with E-state index in [0.717, 1.165) is 11.3 Å². The number of nitrogens with zero attached hydrogens (tertiary/aromatic N) is 2. The molecule has 0 spiro atoms. The predicted molar refractivity (Wildman–Crippen MR) is 60.5 cm³/mol. The highest BCUT2D eigenvalue weighted by Crippen LogP contribution is 2.27. The molecule has 4 nitrogen and oxygen atoms in total. The smallest absolute Gasteiger partial charge is 0.241 e. The van der Waals surface area contributed by atoms with Gasteiger partial charge in [-0.2, -0.15) is 4.98 Å². The number of para-hydroxylation sites is 1. The van der Waals surface area contributed by atoms with Gasteiger partial charge in [0, 0.05) is 0 Å². The van der Waals surface area contributed by atoms with Crippen molar-refractivity contribution >= 4 is 11.6 Å². The Morgan fingerprint density at radius 3 is 2.88 bits per heavy atom. The summed E-state index contributed by atoms with van der Waals surface area (Å²) < 4.78 is 10.4. The Morgan fingerprint density at radius 1 is 1.38 bits per heavy atom. The fourth-order valence-electron chi connectivity index (χ4n) is 1.35. The van der Waals surface area contributed by atoms with E-state index in [4.69, 9.17) is 20.9 Å². The van der Waals surface area contributed by atoms with Crippen molar-refractivity contribution in [2.45, 2.75) is 12.8 Å². The Bertz CT molecular complexity index is 471. The molecular formula is C11H11ClN2O2. The summed E-state index contributed by atoms with van der Waals surface area (Å²) >= 11 is 5.60. The van der Waals surface area contributed by atoms with E-state index in [1.165, 1.54) is 0 Å². The van der Waals surface area contributed by atoms with Crippen molar-refractivity contribution in [2.75, 3.05) is 6.61 Å². The lowest BCUT2D eigenvalue weighted by molar-refractivity contribution is 0.341. The van der Waals surface area contributed by atoms with Gasteiger partial charge < -0.3 is 9.26 Å². The number of ether oxygens (including phenoxy) is 1. The first-order valence-electron chi connectivity index (χ1n) is 4.96. The second-order valence-corrected chi connectivity index (χ2v) is 3.34. The minimum Gasteiger partial charge on any atom is -0.493 e. The molecule has 0 aliphatic carbocycles. The molecule has 0 saturated carbocycles. The van der Waals surface area contributed by atoms with E-state index in [0.29, 0.717) is 18.3 Å². The number of hydrogen-bond acceptors (Lipinski definition) is 4. The highest BCUT2D eigenvalue weighted by atomic mass is 35.5. The van der Waals surface area contributed by atoms with Crippen molar-refractivity contribution in [2.24, 2.45) is 0 Å². The molecule has 0 fully saturated rings. The van der Waals surface area contributed by atoms with E-state index in [2.05, 4.69) is 10.1 Å². The fourth-order valence-corrected chi connectivity index (χ4v) is 1.46. The third-order valence-corrected chi connectivity index (χ3v) is 2.24.